The van der Waals surface area contributed by atoms with E-state index in [2.05, 4.69) is 4.99 Å². The van der Waals surface area contributed by atoms with Crippen LogP contribution in [0.4, 0.5) is 5.69 Å². The topological polar surface area (TPSA) is 154 Å². The highest BCUT2D eigenvalue weighted by atomic mass is 32.2. The lowest BCUT2D eigenvalue weighted by molar-refractivity contribution is -0.113. The number of methoxy groups -OCH3 is 1. The molecule has 3 N–H and O–H groups in total. The number of phenolic OH excluding ortho intramolecular Hbond substituents is 1. The zero-order valence-electron chi connectivity index (χ0n) is 18.1. The van der Waals surface area contributed by atoms with Crippen molar-refractivity contribution < 1.29 is 37.5 Å². The molecule has 10 nitrogen and oxygen atoms in total. The smallest absolute Gasteiger partial charge is 0.337 e. The van der Waals surface area contributed by atoms with E-state index in [0.29, 0.717) is 11.1 Å². The van der Waals surface area contributed by atoms with Gasteiger partial charge in [-0.25, -0.2) is 9.79 Å². The average Bonchev–Trinajstić information content (AvgIpc) is 3.15. The third kappa shape index (κ3) is 4.63. The first-order valence-electron chi connectivity index (χ1n) is 10.0. The molecule has 4 rings (SSSR count). The highest BCUT2D eigenvalue weighted by Crippen LogP contribution is 2.33. The molecule has 0 atom stereocenters. The number of hydrogen-bond donors (Lipinski definition) is 3. The van der Waals surface area contributed by atoms with Gasteiger partial charge in [-0.2, -0.15) is 8.42 Å². The largest absolute Gasteiger partial charge is 0.504 e. The summed E-state index contributed by atoms with van der Waals surface area (Å²) in [4.78, 5) is 30.2. The van der Waals surface area contributed by atoms with Crippen molar-refractivity contribution >= 4 is 39.6 Å². The monoisotopic (exact) mass is 494 g/mol. The van der Waals surface area contributed by atoms with Gasteiger partial charge in [0.25, 0.3) is 16.0 Å². The molecule has 0 saturated carbocycles. The molecule has 11 heteroatoms. The summed E-state index contributed by atoms with van der Waals surface area (Å²) < 4.78 is 38.1. The Morgan fingerprint density at radius 2 is 1.77 bits per heavy atom. The van der Waals surface area contributed by atoms with Crippen LogP contribution in [0.1, 0.15) is 21.5 Å². The molecule has 0 spiro atoms. The van der Waals surface area contributed by atoms with Crippen molar-refractivity contribution in [2.45, 2.75) is 4.90 Å². The van der Waals surface area contributed by atoms with Crippen LogP contribution in [-0.4, -0.2) is 48.0 Å². The number of amidine groups is 1. The van der Waals surface area contributed by atoms with Crippen LogP contribution >= 0.6 is 0 Å². The number of aromatic hydroxyl groups is 1. The zero-order chi connectivity index (χ0) is 25.3. The first-order chi connectivity index (χ1) is 16.6. The molecule has 3 aromatic rings. The van der Waals surface area contributed by atoms with Gasteiger partial charge >= 0.3 is 5.97 Å². The van der Waals surface area contributed by atoms with Gasteiger partial charge in [-0.1, -0.05) is 36.4 Å². The van der Waals surface area contributed by atoms with E-state index in [1.54, 1.807) is 30.3 Å². The summed E-state index contributed by atoms with van der Waals surface area (Å²) in [5.74, 6) is -2.02. The Labute approximate surface area is 199 Å². The van der Waals surface area contributed by atoms with E-state index in [4.69, 9.17) is 4.74 Å². The Morgan fingerprint density at radius 1 is 1.06 bits per heavy atom. The highest BCUT2D eigenvalue weighted by Gasteiger charge is 2.35. The lowest BCUT2D eigenvalue weighted by Gasteiger charge is -2.21. The van der Waals surface area contributed by atoms with Crippen molar-refractivity contribution in [3.05, 3.63) is 89.1 Å². The van der Waals surface area contributed by atoms with E-state index in [0.717, 1.165) is 23.1 Å². The number of anilines is 1. The molecule has 178 valence electrons. The molecule has 0 saturated heterocycles. The quantitative estimate of drug-likeness (QED) is 0.349. The number of carbonyl (C=O) groups is 2. The maximum atomic E-state index is 13.5. The number of aromatic carboxylic acids is 1. The van der Waals surface area contributed by atoms with Crippen LogP contribution in [0.3, 0.4) is 0 Å². The Morgan fingerprint density at radius 3 is 2.40 bits per heavy atom. The predicted octanol–water partition coefficient (Wildman–Crippen LogP) is 3.18. The van der Waals surface area contributed by atoms with Gasteiger partial charge in [0.1, 0.15) is 11.5 Å². The van der Waals surface area contributed by atoms with Crippen LogP contribution < -0.4 is 9.64 Å². The number of phenols is 1. The third-order valence-corrected chi connectivity index (χ3v) is 5.99. The number of amides is 1. The maximum absolute atomic E-state index is 13.5. The van der Waals surface area contributed by atoms with Crippen LogP contribution in [0, 0.1) is 0 Å². The molecule has 35 heavy (non-hydrogen) atoms. The van der Waals surface area contributed by atoms with E-state index in [1.807, 2.05) is 0 Å². The van der Waals surface area contributed by atoms with E-state index in [1.165, 1.54) is 31.4 Å². The maximum Gasteiger partial charge on any atom is 0.337 e. The van der Waals surface area contributed by atoms with Crippen molar-refractivity contribution in [2.75, 3.05) is 12.0 Å². The molecule has 1 heterocycles. The minimum absolute atomic E-state index is 0.0579. The van der Waals surface area contributed by atoms with E-state index < -0.39 is 26.9 Å². The molecule has 0 bridgehead atoms. The van der Waals surface area contributed by atoms with Gasteiger partial charge in [0.05, 0.1) is 23.3 Å². The molecule has 3 aromatic carbocycles. The van der Waals surface area contributed by atoms with Crippen molar-refractivity contribution in [3.8, 4) is 11.5 Å². The molecular weight excluding hydrogens is 476 g/mol. The Bertz CT molecular complexity index is 1510. The van der Waals surface area contributed by atoms with Crippen molar-refractivity contribution in [1.29, 1.82) is 0 Å². The van der Waals surface area contributed by atoms with Gasteiger partial charge in [-0.3, -0.25) is 14.2 Å². The second-order valence-electron chi connectivity index (χ2n) is 7.36. The summed E-state index contributed by atoms with van der Waals surface area (Å²) in [6.07, 6.45) is 1.42. The zero-order valence-corrected chi connectivity index (χ0v) is 18.9. The number of rotatable bonds is 6. The molecule has 0 aliphatic carbocycles. The molecule has 1 amide bonds. The first-order valence-corrected chi connectivity index (χ1v) is 11.5. The third-order valence-electron chi connectivity index (χ3n) is 5.14. The summed E-state index contributed by atoms with van der Waals surface area (Å²) in [6, 6.07) is 15.6. The minimum atomic E-state index is -4.69. The lowest BCUT2D eigenvalue weighted by atomic mass is 10.1. The molecule has 1 aliphatic rings. The lowest BCUT2D eigenvalue weighted by Crippen LogP contribution is -2.34. The molecular formula is C24H18N2O8S. The van der Waals surface area contributed by atoms with Crippen molar-refractivity contribution in [3.63, 3.8) is 0 Å². The minimum Gasteiger partial charge on any atom is -0.504 e. The number of carbonyl (C=O) groups excluding carboxylic acids is 1. The van der Waals surface area contributed by atoms with Crippen molar-refractivity contribution in [1.82, 2.24) is 0 Å². The number of ether oxygens (including phenoxy) is 1. The van der Waals surface area contributed by atoms with Crippen molar-refractivity contribution in [2.24, 2.45) is 4.99 Å². The first kappa shape index (κ1) is 23.7. The summed E-state index contributed by atoms with van der Waals surface area (Å²) in [6.45, 7) is 0. The fourth-order valence-corrected chi connectivity index (χ4v) is 4.00. The second-order valence-corrected chi connectivity index (χ2v) is 8.78. The van der Waals surface area contributed by atoms with Crippen LogP contribution in [0.5, 0.6) is 11.5 Å². The fourth-order valence-electron chi connectivity index (χ4n) is 3.50. The summed E-state index contributed by atoms with van der Waals surface area (Å²) >= 11 is 0. The van der Waals surface area contributed by atoms with Crippen LogP contribution in [0.15, 0.2) is 82.3 Å². The van der Waals surface area contributed by atoms with Gasteiger partial charge in [0.2, 0.25) is 0 Å². The van der Waals surface area contributed by atoms with Gasteiger partial charge in [-0.15, -0.1) is 0 Å². The second kappa shape index (κ2) is 9.05. The molecule has 0 unspecified atom stereocenters. The number of carboxylic acid groups (broad SMARTS) is 1. The molecule has 0 fully saturated rings. The molecule has 1 aliphatic heterocycles. The molecule has 0 radical (unpaired) electrons. The predicted molar refractivity (Wildman–Crippen MR) is 126 cm³/mol. The standard InChI is InChI=1S/C24H18N2O8S/c1-34-21-12-14(7-10-20(21)27)11-18-23(28)26(22(25-18)15-5-3-2-4-6-15)19-13-16(35(31,32)33)8-9-17(19)24(29)30/h2-13,27H,1H3,(H,29,30)(H,31,32,33). The van der Waals surface area contributed by atoms with Crippen LogP contribution in [0.2, 0.25) is 0 Å². The number of aliphatic imine (C=N–C) groups is 1. The molecule has 0 aromatic heterocycles. The summed E-state index contributed by atoms with van der Waals surface area (Å²) in [5, 5.41) is 19.5. The normalized spacial score (nSPS) is 14.8. The SMILES string of the molecule is COc1cc(C=C2N=C(c3ccccc3)N(c3cc(S(=O)(=O)O)ccc3C(=O)O)C2=O)ccc1O. The van der Waals surface area contributed by atoms with E-state index in [-0.39, 0.29) is 34.3 Å². The van der Waals surface area contributed by atoms with Gasteiger partial charge in [0, 0.05) is 5.56 Å². The number of carboxylic acids is 1. The fraction of sp³-hybridized carbons (Fsp3) is 0.0417. The van der Waals surface area contributed by atoms with E-state index in [9.17, 15) is 32.8 Å². The van der Waals surface area contributed by atoms with Gasteiger partial charge in [-0.05, 0) is 42.0 Å². The number of benzene rings is 3. The van der Waals surface area contributed by atoms with Gasteiger partial charge in [0.15, 0.2) is 11.5 Å². The Kier molecular flexibility index (Phi) is 6.12. The number of hydrogen-bond acceptors (Lipinski definition) is 7. The van der Waals surface area contributed by atoms with E-state index >= 15 is 0 Å². The number of nitrogens with zero attached hydrogens (tertiary/aromatic N) is 2. The summed E-state index contributed by atoms with van der Waals surface area (Å²) in [5.41, 5.74) is 0.186. The average molecular weight is 494 g/mol. The Balaban J connectivity index is 1.93. The van der Waals surface area contributed by atoms with Crippen LogP contribution in [-0.2, 0) is 14.9 Å². The van der Waals surface area contributed by atoms with Gasteiger partial charge < -0.3 is 14.9 Å². The highest BCUT2D eigenvalue weighted by molar-refractivity contribution is 7.85. The summed E-state index contributed by atoms with van der Waals surface area (Å²) in [7, 11) is -3.32. The van der Waals surface area contributed by atoms with Crippen LogP contribution in [0.25, 0.3) is 6.08 Å². The Hall–Kier alpha value is -4.48.